The summed E-state index contributed by atoms with van der Waals surface area (Å²) in [6.45, 7) is 2.03. The van der Waals surface area contributed by atoms with Crippen molar-refractivity contribution in [3.63, 3.8) is 0 Å². The molecule has 0 bridgehead atoms. The fourth-order valence-electron chi connectivity index (χ4n) is 3.58. The minimum atomic E-state index is -0.749. The number of carbonyl (C=O) groups excluding carboxylic acids is 2. The van der Waals surface area contributed by atoms with E-state index in [4.69, 9.17) is 4.74 Å². The average molecular weight is 334 g/mol. The van der Waals surface area contributed by atoms with E-state index in [0.717, 1.165) is 22.0 Å². The third kappa shape index (κ3) is 2.48. The number of amides is 1. The fraction of sp³-hybridized carbons (Fsp3) is 0.200. The number of carbonyl (C=O) groups is 2. The molecule has 0 saturated heterocycles. The summed E-state index contributed by atoms with van der Waals surface area (Å²) in [5, 5.41) is 3.78. The van der Waals surface area contributed by atoms with Crippen molar-refractivity contribution >= 4 is 22.8 Å². The summed E-state index contributed by atoms with van der Waals surface area (Å²) in [5.41, 5.74) is 3.21. The van der Waals surface area contributed by atoms with E-state index in [1.807, 2.05) is 54.6 Å². The molecule has 5 nitrogen and oxygen atoms in total. The molecule has 2 heterocycles. The maximum Gasteiger partial charge on any atom is 0.329 e. The molecule has 2 aromatic carbocycles. The van der Waals surface area contributed by atoms with Gasteiger partial charge in [-0.05, 0) is 18.6 Å². The smallest absolute Gasteiger partial charge is 0.329 e. The highest BCUT2D eigenvalue weighted by molar-refractivity contribution is 6.05. The lowest BCUT2D eigenvalue weighted by Crippen LogP contribution is -2.50. The van der Waals surface area contributed by atoms with Gasteiger partial charge in [0.25, 0.3) is 5.91 Å². The second-order valence-corrected chi connectivity index (χ2v) is 6.05. The molecule has 1 amide bonds. The molecule has 126 valence electrons. The van der Waals surface area contributed by atoms with E-state index in [-0.39, 0.29) is 18.4 Å². The zero-order chi connectivity index (χ0) is 17.4. The van der Waals surface area contributed by atoms with Crippen molar-refractivity contribution in [2.24, 2.45) is 0 Å². The van der Waals surface area contributed by atoms with Crippen LogP contribution in [0.15, 0.2) is 54.6 Å². The summed E-state index contributed by atoms with van der Waals surface area (Å²) >= 11 is 0. The monoisotopic (exact) mass is 334 g/mol. The molecule has 2 N–H and O–H groups in total. The van der Waals surface area contributed by atoms with Gasteiger partial charge in [-0.15, -0.1) is 0 Å². The first-order valence-corrected chi connectivity index (χ1v) is 8.33. The Bertz CT molecular complexity index is 946. The third-order valence-electron chi connectivity index (χ3n) is 4.60. The Labute approximate surface area is 145 Å². The Balaban J connectivity index is 1.96. The van der Waals surface area contributed by atoms with Gasteiger partial charge in [-0.25, -0.2) is 4.79 Å². The first-order chi connectivity index (χ1) is 12.2. The van der Waals surface area contributed by atoms with Gasteiger partial charge >= 0.3 is 5.97 Å². The Morgan fingerprint density at radius 1 is 1.08 bits per heavy atom. The van der Waals surface area contributed by atoms with Gasteiger partial charge in [0.1, 0.15) is 11.7 Å². The predicted octanol–water partition coefficient (Wildman–Crippen LogP) is 2.97. The molecule has 1 aromatic heterocycles. The Kier molecular flexibility index (Phi) is 3.76. The molecule has 4 rings (SSSR count). The van der Waals surface area contributed by atoms with Crippen LogP contribution in [0.5, 0.6) is 0 Å². The largest absolute Gasteiger partial charge is 0.464 e. The predicted molar refractivity (Wildman–Crippen MR) is 94.5 cm³/mol. The third-order valence-corrected chi connectivity index (χ3v) is 4.60. The van der Waals surface area contributed by atoms with Crippen LogP contribution in [0.25, 0.3) is 10.9 Å². The Hall–Kier alpha value is -3.08. The second kappa shape index (κ2) is 6.09. The molecule has 0 fully saturated rings. The molecule has 5 heteroatoms. The van der Waals surface area contributed by atoms with Crippen LogP contribution in [0, 0.1) is 0 Å². The van der Waals surface area contributed by atoms with Gasteiger partial charge in [-0.1, -0.05) is 48.5 Å². The van der Waals surface area contributed by atoms with E-state index in [9.17, 15) is 9.59 Å². The van der Waals surface area contributed by atoms with Gasteiger partial charge in [-0.3, -0.25) is 4.79 Å². The maximum absolute atomic E-state index is 12.6. The molecule has 0 unspecified atom stereocenters. The standard InChI is InChI=1S/C20H18N2O3/c1-2-25-20(24)18-15(12-8-4-3-5-9-12)16-13-10-6-7-11-14(13)21-17(16)19(23)22-18/h3-11,15,18,21H,2H2,1H3,(H,22,23)/t15-,18-/m1/s1. The van der Waals surface area contributed by atoms with Crippen LogP contribution < -0.4 is 5.32 Å². The van der Waals surface area contributed by atoms with E-state index in [1.54, 1.807) is 6.92 Å². The number of rotatable bonds is 3. The van der Waals surface area contributed by atoms with Gasteiger partial charge in [0.15, 0.2) is 0 Å². The quantitative estimate of drug-likeness (QED) is 0.723. The number of aromatic nitrogens is 1. The van der Waals surface area contributed by atoms with Crippen molar-refractivity contribution in [3.8, 4) is 0 Å². The minimum Gasteiger partial charge on any atom is -0.464 e. The number of esters is 1. The van der Waals surface area contributed by atoms with E-state index in [0.29, 0.717) is 5.69 Å². The number of nitrogens with one attached hydrogen (secondary N) is 2. The van der Waals surface area contributed by atoms with Crippen molar-refractivity contribution in [2.45, 2.75) is 18.9 Å². The number of ether oxygens (including phenoxy) is 1. The molecule has 0 radical (unpaired) electrons. The second-order valence-electron chi connectivity index (χ2n) is 6.05. The minimum absolute atomic E-state index is 0.271. The lowest BCUT2D eigenvalue weighted by Gasteiger charge is -2.31. The molecule has 0 spiro atoms. The van der Waals surface area contributed by atoms with E-state index in [1.165, 1.54) is 0 Å². The van der Waals surface area contributed by atoms with Gasteiger partial charge in [0, 0.05) is 22.4 Å². The van der Waals surface area contributed by atoms with Gasteiger partial charge < -0.3 is 15.0 Å². The van der Waals surface area contributed by atoms with Crippen LogP contribution in [0.3, 0.4) is 0 Å². The molecule has 3 aromatic rings. The van der Waals surface area contributed by atoms with Crippen LogP contribution in [0.4, 0.5) is 0 Å². The van der Waals surface area contributed by atoms with Gasteiger partial charge in [-0.2, -0.15) is 0 Å². The number of H-pyrrole nitrogens is 1. The zero-order valence-electron chi connectivity index (χ0n) is 13.8. The molecular formula is C20H18N2O3. The number of fused-ring (bicyclic) bond motifs is 3. The molecule has 0 saturated carbocycles. The highest BCUT2D eigenvalue weighted by atomic mass is 16.5. The summed E-state index contributed by atoms with van der Waals surface area (Å²) in [6.07, 6.45) is 0. The molecular weight excluding hydrogens is 316 g/mol. The first-order valence-electron chi connectivity index (χ1n) is 8.33. The van der Waals surface area contributed by atoms with Crippen molar-refractivity contribution in [1.29, 1.82) is 0 Å². The molecule has 0 aliphatic carbocycles. The van der Waals surface area contributed by atoms with Crippen LogP contribution in [-0.2, 0) is 9.53 Å². The molecule has 25 heavy (non-hydrogen) atoms. The topological polar surface area (TPSA) is 71.2 Å². The number of para-hydroxylation sites is 1. The number of aromatic amines is 1. The zero-order valence-corrected chi connectivity index (χ0v) is 13.8. The van der Waals surface area contributed by atoms with Crippen LogP contribution in [0.1, 0.15) is 34.5 Å². The normalized spacial score (nSPS) is 19.3. The summed E-state index contributed by atoms with van der Waals surface area (Å²) in [4.78, 5) is 28.3. The van der Waals surface area contributed by atoms with E-state index < -0.39 is 12.0 Å². The SMILES string of the molecule is CCOC(=O)[C@@H]1NC(=O)c2[nH]c3ccccc3c2[C@H]1c1ccccc1. The molecule has 1 aliphatic rings. The molecule has 2 atom stereocenters. The van der Waals surface area contributed by atoms with Crippen molar-refractivity contribution in [2.75, 3.05) is 6.61 Å². The van der Waals surface area contributed by atoms with Crippen LogP contribution in [-0.4, -0.2) is 29.5 Å². The number of hydrogen-bond acceptors (Lipinski definition) is 3. The van der Waals surface area contributed by atoms with E-state index >= 15 is 0 Å². The summed E-state index contributed by atoms with van der Waals surface area (Å²) in [5.74, 6) is -0.999. The van der Waals surface area contributed by atoms with Gasteiger partial charge in [0.05, 0.1) is 6.61 Å². The van der Waals surface area contributed by atoms with Crippen molar-refractivity contribution in [3.05, 3.63) is 71.4 Å². The lowest BCUT2D eigenvalue weighted by atomic mass is 9.81. The lowest BCUT2D eigenvalue weighted by molar-refractivity contribution is -0.145. The van der Waals surface area contributed by atoms with Crippen molar-refractivity contribution in [1.82, 2.24) is 10.3 Å². The Morgan fingerprint density at radius 2 is 1.80 bits per heavy atom. The summed E-state index contributed by atoms with van der Waals surface area (Å²) in [7, 11) is 0. The van der Waals surface area contributed by atoms with Crippen LogP contribution in [0.2, 0.25) is 0 Å². The number of benzene rings is 2. The fourth-order valence-corrected chi connectivity index (χ4v) is 3.58. The summed E-state index contributed by atoms with van der Waals surface area (Å²) in [6, 6.07) is 16.8. The van der Waals surface area contributed by atoms with Crippen LogP contribution >= 0.6 is 0 Å². The molecule has 1 aliphatic heterocycles. The highest BCUT2D eigenvalue weighted by Crippen LogP contribution is 2.39. The van der Waals surface area contributed by atoms with E-state index in [2.05, 4.69) is 10.3 Å². The van der Waals surface area contributed by atoms with Crippen molar-refractivity contribution < 1.29 is 14.3 Å². The van der Waals surface area contributed by atoms with Gasteiger partial charge in [0.2, 0.25) is 0 Å². The first kappa shape index (κ1) is 15.4. The average Bonchev–Trinajstić information content (AvgIpc) is 3.03. The Morgan fingerprint density at radius 3 is 2.56 bits per heavy atom. The number of hydrogen-bond donors (Lipinski definition) is 2. The summed E-state index contributed by atoms with van der Waals surface area (Å²) < 4.78 is 5.22. The highest BCUT2D eigenvalue weighted by Gasteiger charge is 2.41. The maximum atomic E-state index is 12.6.